The lowest BCUT2D eigenvalue weighted by molar-refractivity contribution is -0.128. The van der Waals surface area contributed by atoms with Gasteiger partial charge in [0.05, 0.1) is 19.1 Å². The van der Waals surface area contributed by atoms with Crippen molar-refractivity contribution in [2.75, 3.05) is 13.7 Å². The van der Waals surface area contributed by atoms with Gasteiger partial charge in [-0.1, -0.05) is 25.0 Å². The van der Waals surface area contributed by atoms with Gasteiger partial charge in [-0.05, 0) is 37.5 Å². The topological polar surface area (TPSA) is 84.6 Å². The molecule has 0 aromatic heterocycles. The fourth-order valence-corrected chi connectivity index (χ4v) is 3.05. The second-order valence-corrected chi connectivity index (χ2v) is 6.34. The predicted molar refractivity (Wildman–Crippen MR) is 85.5 cm³/mol. The van der Waals surface area contributed by atoms with E-state index in [9.17, 15) is 9.90 Å². The highest BCUT2D eigenvalue weighted by atomic mass is 16.5. The van der Waals surface area contributed by atoms with Crippen LogP contribution in [0.15, 0.2) is 24.3 Å². The summed E-state index contributed by atoms with van der Waals surface area (Å²) in [6.07, 6.45) is 3.06. The minimum Gasteiger partial charge on any atom is -0.497 e. The van der Waals surface area contributed by atoms with Crippen molar-refractivity contribution in [3.63, 3.8) is 0 Å². The number of carbonyl (C=O) groups is 1. The van der Waals surface area contributed by atoms with Gasteiger partial charge in [0.2, 0.25) is 5.91 Å². The number of hydrogen-bond acceptors (Lipinski definition) is 4. The Hall–Kier alpha value is -1.59. The number of benzene rings is 1. The van der Waals surface area contributed by atoms with Gasteiger partial charge in [0.15, 0.2) is 0 Å². The summed E-state index contributed by atoms with van der Waals surface area (Å²) in [6, 6.07) is 7.17. The average Bonchev–Trinajstić information content (AvgIpc) is 2.52. The summed E-state index contributed by atoms with van der Waals surface area (Å²) < 4.78 is 5.08. The van der Waals surface area contributed by atoms with Crippen LogP contribution in [0.1, 0.15) is 44.3 Å². The van der Waals surface area contributed by atoms with E-state index in [1.807, 2.05) is 6.92 Å². The molecule has 0 bridgehead atoms. The summed E-state index contributed by atoms with van der Waals surface area (Å²) in [5.41, 5.74) is 6.53. The van der Waals surface area contributed by atoms with Gasteiger partial charge in [-0.15, -0.1) is 0 Å². The number of aliphatic hydroxyl groups excluding tert-OH is 1. The zero-order valence-corrected chi connectivity index (χ0v) is 13.3. The Balaban J connectivity index is 1.89. The zero-order valence-electron chi connectivity index (χ0n) is 13.3. The fraction of sp³-hybridized carbons (Fsp3) is 0.588. The highest BCUT2D eigenvalue weighted by Crippen LogP contribution is 2.31. The molecule has 3 atom stereocenters. The summed E-state index contributed by atoms with van der Waals surface area (Å²) >= 11 is 0. The normalized spacial score (nSPS) is 26.3. The molecule has 4 N–H and O–H groups in total. The third-order valence-electron chi connectivity index (χ3n) is 4.54. The highest BCUT2D eigenvalue weighted by molar-refractivity contribution is 5.80. The SMILES string of the molecule is COc1ccc(C(O)CNC(=O)C2CCCCC2(C)N)cc1. The van der Waals surface area contributed by atoms with E-state index in [0.717, 1.165) is 37.0 Å². The van der Waals surface area contributed by atoms with Crippen LogP contribution in [0.3, 0.4) is 0 Å². The minimum absolute atomic E-state index is 0.0581. The molecule has 1 aromatic carbocycles. The first-order valence-electron chi connectivity index (χ1n) is 7.82. The van der Waals surface area contributed by atoms with Crippen molar-refractivity contribution in [2.45, 2.75) is 44.2 Å². The number of rotatable bonds is 5. The third-order valence-corrected chi connectivity index (χ3v) is 4.54. The van der Waals surface area contributed by atoms with Gasteiger partial charge in [-0.25, -0.2) is 0 Å². The van der Waals surface area contributed by atoms with Gasteiger partial charge in [0.25, 0.3) is 0 Å². The number of amides is 1. The van der Waals surface area contributed by atoms with Crippen molar-refractivity contribution < 1.29 is 14.6 Å². The molecule has 0 heterocycles. The summed E-state index contributed by atoms with van der Waals surface area (Å²) in [7, 11) is 1.60. The van der Waals surface area contributed by atoms with Crippen LogP contribution in [0.25, 0.3) is 0 Å². The van der Waals surface area contributed by atoms with E-state index in [2.05, 4.69) is 5.32 Å². The first-order chi connectivity index (χ1) is 10.4. The molecule has 1 fully saturated rings. The van der Waals surface area contributed by atoms with E-state index in [0.29, 0.717) is 0 Å². The Bertz CT molecular complexity index is 499. The van der Waals surface area contributed by atoms with Crippen LogP contribution in [0, 0.1) is 5.92 Å². The molecule has 2 rings (SSSR count). The van der Waals surface area contributed by atoms with Gasteiger partial charge < -0.3 is 20.9 Å². The van der Waals surface area contributed by atoms with Crippen molar-refractivity contribution in [3.05, 3.63) is 29.8 Å². The molecular formula is C17H26N2O3. The van der Waals surface area contributed by atoms with Gasteiger partial charge >= 0.3 is 0 Å². The van der Waals surface area contributed by atoms with Gasteiger partial charge in [-0.2, -0.15) is 0 Å². The van der Waals surface area contributed by atoms with Crippen molar-refractivity contribution >= 4 is 5.91 Å². The Morgan fingerprint density at radius 3 is 2.73 bits per heavy atom. The number of hydrogen-bond donors (Lipinski definition) is 3. The first-order valence-corrected chi connectivity index (χ1v) is 7.82. The predicted octanol–water partition coefficient (Wildman–Crippen LogP) is 1.75. The fourth-order valence-electron chi connectivity index (χ4n) is 3.05. The van der Waals surface area contributed by atoms with E-state index < -0.39 is 11.6 Å². The quantitative estimate of drug-likeness (QED) is 0.774. The summed E-state index contributed by atoms with van der Waals surface area (Å²) in [6.45, 7) is 2.13. The Morgan fingerprint density at radius 1 is 1.45 bits per heavy atom. The lowest BCUT2D eigenvalue weighted by atomic mass is 9.74. The molecule has 3 unspecified atom stereocenters. The molecule has 1 aromatic rings. The highest BCUT2D eigenvalue weighted by Gasteiger charge is 2.37. The van der Waals surface area contributed by atoms with Gasteiger partial charge in [0.1, 0.15) is 5.75 Å². The second-order valence-electron chi connectivity index (χ2n) is 6.34. The van der Waals surface area contributed by atoms with Gasteiger partial charge in [-0.3, -0.25) is 4.79 Å². The number of methoxy groups -OCH3 is 1. The molecule has 5 heteroatoms. The van der Waals surface area contributed by atoms with E-state index in [4.69, 9.17) is 10.5 Å². The van der Waals surface area contributed by atoms with Crippen molar-refractivity contribution in [1.29, 1.82) is 0 Å². The van der Waals surface area contributed by atoms with E-state index >= 15 is 0 Å². The molecule has 0 saturated heterocycles. The maximum atomic E-state index is 12.3. The Kier molecular flexibility index (Phi) is 5.42. The molecule has 5 nitrogen and oxygen atoms in total. The van der Waals surface area contributed by atoms with Crippen molar-refractivity contribution in [1.82, 2.24) is 5.32 Å². The summed E-state index contributed by atoms with van der Waals surface area (Å²) in [4.78, 5) is 12.3. The number of nitrogens with one attached hydrogen (secondary N) is 1. The molecule has 0 spiro atoms. The molecule has 1 saturated carbocycles. The minimum atomic E-state index is -0.734. The molecule has 0 radical (unpaired) electrons. The van der Waals surface area contributed by atoms with E-state index in [1.165, 1.54) is 0 Å². The van der Waals surface area contributed by atoms with Crippen LogP contribution in [0.2, 0.25) is 0 Å². The van der Waals surface area contributed by atoms with Crippen LogP contribution in [-0.4, -0.2) is 30.2 Å². The molecular weight excluding hydrogens is 280 g/mol. The second kappa shape index (κ2) is 7.11. The summed E-state index contributed by atoms with van der Waals surface area (Å²) in [5.74, 6) is 0.502. The summed E-state index contributed by atoms with van der Waals surface area (Å²) in [5, 5.41) is 13.0. The number of carbonyl (C=O) groups excluding carboxylic acids is 1. The van der Waals surface area contributed by atoms with E-state index in [-0.39, 0.29) is 18.4 Å². The monoisotopic (exact) mass is 306 g/mol. The molecule has 1 aliphatic rings. The average molecular weight is 306 g/mol. The first kappa shape index (κ1) is 16.8. The lowest BCUT2D eigenvalue weighted by Crippen LogP contribution is -2.53. The number of ether oxygens (including phenoxy) is 1. The number of aliphatic hydroxyl groups is 1. The maximum Gasteiger partial charge on any atom is 0.225 e. The Labute approximate surface area is 131 Å². The smallest absolute Gasteiger partial charge is 0.225 e. The molecule has 22 heavy (non-hydrogen) atoms. The van der Waals surface area contributed by atoms with Crippen LogP contribution in [0.4, 0.5) is 0 Å². The third kappa shape index (κ3) is 3.99. The lowest BCUT2D eigenvalue weighted by Gasteiger charge is -2.37. The van der Waals surface area contributed by atoms with Crippen LogP contribution in [-0.2, 0) is 4.79 Å². The van der Waals surface area contributed by atoms with Crippen LogP contribution in [0.5, 0.6) is 5.75 Å². The molecule has 1 aliphatic carbocycles. The van der Waals surface area contributed by atoms with Crippen molar-refractivity contribution in [3.8, 4) is 5.75 Å². The van der Waals surface area contributed by atoms with Gasteiger partial charge in [0, 0.05) is 12.1 Å². The molecule has 122 valence electrons. The Morgan fingerprint density at radius 2 is 2.14 bits per heavy atom. The largest absolute Gasteiger partial charge is 0.497 e. The maximum absolute atomic E-state index is 12.3. The number of nitrogens with two attached hydrogens (primary N) is 1. The van der Waals surface area contributed by atoms with E-state index in [1.54, 1.807) is 31.4 Å². The molecule has 0 aliphatic heterocycles. The standard InChI is InChI=1S/C17H26N2O3/c1-17(18)10-4-3-5-14(17)16(21)19-11-15(20)12-6-8-13(22-2)9-7-12/h6-9,14-15,20H,3-5,10-11,18H2,1-2H3,(H,19,21). The molecule has 1 amide bonds. The van der Waals surface area contributed by atoms with Crippen LogP contribution >= 0.6 is 0 Å². The van der Waals surface area contributed by atoms with Crippen LogP contribution < -0.4 is 15.8 Å². The zero-order chi connectivity index (χ0) is 16.2. The van der Waals surface area contributed by atoms with Crippen molar-refractivity contribution in [2.24, 2.45) is 11.7 Å².